The van der Waals surface area contributed by atoms with Crippen molar-refractivity contribution in [3.05, 3.63) is 27.2 Å². The Morgan fingerprint density at radius 2 is 1.74 bits per heavy atom. The molecule has 3 nitrogen and oxygen atoms in total. The number of aryl methyl sites for hydroxylation is 2. The molecule has 0 unspecified atom stereocenters. The highest BCUT2D eigenvalue weighted by Gasteiger charge is 2.26. The minimum absolute atomic E-state index is 0.101. The van der Waals surface area contributed by atoms with E-state index >= 15 is 0 Å². The number of sulfonamides is 1. The number of nitrogens with one attached hydrogen (secondary N) is 1. The van der Waals surface area contributed by atoms with Crippen molar-refractivity contribution in [1.29, 1.82) is 0 Å². The number of rotatable bonds is 3. The molecule has 106 valence electrons. The van der Waals surface area contributed by atoms with E-state index < -0.39 is 10.0 Å². The maximum Gasteiger partial charge on any atom is 0.241 e. The molecule has 1 fully saturated rings. The fraction of sp³-hybridized carbons (Fsp3) is 0.571. The van der Waals surface area contributed by atoms with Crippen LogP contribution in [0, 0.1) is 20.8 Å². The lowest BCUT2D eigenvalue weighted by molar-refractivity contribution is 0.551. The van der Waals surface area contributed by atoms with Gasteiger partial charge >= 0.3 is 0 Å². The normalized spacial score (nSPS) is 17.1. The Kier molecular flexibility index (Phi) is 4.38. The second-order valence-corrected chi connectivity index (χ2v) is 7.82. The highest BCUT2D eigenvalue weighted by atomic mass is 79.9. The highest BCUT2D eigenvalue weighted by molar-refractivity contribution is 9.10. The van der Waals surface area contributed by atoms with Crippen molar-refractivity contribution < 1.29 is 8.42 Å². The van der Waals surface area contributed by atoms with Gasteiger partial charge in [0.15, 0.2) is 0 Å². The molecule has 19 heavy (non-hydrogen) atoms. The zero-order valence-corrected chi connectivity index (χ0v) is 14.0. The van der Waals surface area contributed by atoms with Gasteiger partial charge in [-0.05, 0) is 50.3 Å². The second kappa shape index (κ2) is 5.54. The largest absolute Gasteiger partial charge is 0.241 e. The van der Waals surface area contributed by atoms with Crippen molar-refractivity contribution in [2.75, 3.05) is 0 Å². The average molecular weight is 346 g/mol. The molecule has 0 bridgehead atoms. The fourth-order valence-corrected chi connectivity index (χ4v) is 5.10. The smallest absolute Gasteiger partial charge is 0.208 e. The van der Waals surface area contributed by atoms with Crippen molar-refractivity contribution in [2.45, 2.75) is 57.4 Å². The summed E-state index contributed by atoms with van der Waals surface area (Å²) < 4.78 is 28.9. The summed E-state index contributed by atoms with van der Waals surface area (Å²) in [5.41, 5.74) is 2.67. The van der Waals surface area contributed by atoms with Gasteiger partial charge in [-0.15, -0.1) is 0 Å². The Balaban J connectivity index is 2.42. The summed E-state index contributed by atoms with van der Waals surface area (Å²) in [5, 5.41) is 0. The van der Waals surface area contributed by atoms with Gasteiger partial charge in [-0.25, -0.2) is 13.1 Å². The van der Waals surface area contributed by atoms with Crippen LogP contribution >= 0.6 is 15.9 Å². The SMILES string of the molecule is Cc1cc(C)c(S(=O)(=O)NC2CCCC2)c(C)c1Br. The number of hydrogen-bond acceptors (Lipinski definition) is 2. The summed E-state index contributed by atoms with van der Waals surface area (Å²) in [6.45, 7) is 5.69. The van der Waals surface area contributed by atoms with Crippen LogP contribution in [0.15, 0.2) is 15.4 Å². The van der Waals surface area contributed by atoms with Gasteiger partial charge in [0, 0.05) is 10.5 Å². The third kappa shape index (κ3) is 3.03. The molecule has 1 aliphatic carbocycles. The number of benzene rings is 1. The minimum atomic E-state index is -3.42. The molecule has 1 aromatic carbocycles. The van der Waals surface area contributed by atoms with E-state index in [0.29, 0.717) is 4.90 Å². The maximum absolute atomic E-state index is 12.6. The van der Waals surface area contributed by atoms with Crippen molar-refractivity contribution in [1.82, 2.24) is 4.72 Å². The van der Waals surface area contributed by atoms with Gasteiger partial charge in [0.05, 0.1) is 4.90 Å². The van der Waals surface area contributed by atoms with Gasteiger partial charge in [-0.3, -0.25) is 0 Å². The Morgan fingerprint density at radius 3 is 2.32 bits per heavy atom. The summed E-state index contributed by atoms with van der Waals surface area (Å²) in [6.07, 6.45) is 4.13. The lowest BCUT2D eigenvalue weighted by atomic mass is 10.1. The van der Waals surface area contributed by atoms with E-state index in [4.69, 9.17) is 0 Å². The van der Waals surface area contributed by atoms with E-state index in [1.807, 2.05) is 26.8 Å². The third-order valence-corrected chi connectivity index (χ3v) is 6.78. The molecule has 0 heterocycles. The van der Waals surface area contributed by atoms with E-state index in [2.05, 4.69) is 20.7 Å². The van der Waals surface area contributed by atoms with E-state index in [1.54, 1.807) is 0 Å². The third-order valence-electron chi connectivity index (χ3n) is 3.75. The average Bonchev–Trinajstić information content (AvgIpc) is 2.77. The van der Waals surface area contributed by atoms with Crippen LogP contribution in [0.5, 0.6) is 0 Å². The van der Waals surface area contributed by atoms with E-state index in [9.17, 15) is 8.42 Å². The van der Waals surface area contributed by atoms with Gasteiger partial charge in [0.2, 0.25) is 10.0 Å². The van der Waals surface area contributed by atoms with Crippen molar-refractivity contribution in [2.24, 2.45) is 0 Å². The topological polar surface area (TPSA) is 46.2 Å². The Hall–Kier alpha value is -0.390. The highest BCUT2D eigenvalue weighted by Crippen LogP contribution is 2.31. The molecule has 0 spiro atoms. The van der Waals surface area contributed by atoms with Gasteiger partial charge < -0.3 is 0 Å². The second-order valence-electron chi connectivity index (χ2n) is 5.38. The van der Waals surface area contributed by atoms with Gasteiger partial charge in [-0.2, -0.15) is 0 Å². The van der Waals surface area contributed by atoms with Crippen LogP contribution in [-0.4, -0.2) is 14.5 Å². The Morgan fingerprint density at radius 1 is 1.16 bits per heavy atom. The molecule has 1 saturated carbocycles. The molecule has 0 radical (unpaired) electrons. The maximum atomic E-state index is 12.6. The summed E-state index contributed by atoms with van der Waals surface area (Å²) >= 11 is 3.48. The molecular formula is C14H20BrNO2S. The van der Waals surface area contributed by atoms with Gasteiger partial charge in [-0.1, -0.05) is 34.8 Å². The van der Waals surface area contributed by atoms with E-state index in [0.717, 1.165) is 46.8 Å². The monoisotopic (exact) mass is 345 g/mol. The summed E-state index contributed by atoms with van der Waals surface area (Å²) in [6, 6.07) is 2.02. The molecule has 0 amide bonds. The van der Waals surface area contributed by atoms with Crippen molar-refractivity contribution >= 4 is 26.0 Å². The molecule has 5 heteroatoms. The standard InChI is InChI=1S/C14H20BrNO2S/c1-9-8-10(2)14(11(3)13(9)15)19(17,18)16-12-6-4-5-7-12/h8,12,16H,4-7H2,1-3H3. The molecule has 1 aromatic rings. The van der Waals surface area contributed by atoms with Crippen LogP contribution < -0.4 is 4.72 Å². The van der Waals surface area contributed by atoms with Crippen molar-refractivity contribution in [3.8, 4) is 0 Å². The number of halogens is 1. The van der Waals surface area contributed by atoms with Gasteiger partial charge in [0.1, 0.15) is 0 Å². The van der Waals surface area contributed by atoms with Crippen LogP contribution in [0.1, 0.15) is 42.4 Å². The Labute approximate surface area is 124 Å². The first-order chi connectivity index (χ1) is 8.83. The van der Waals surface area contributed by atoms with Crippen LogP contribution in [0.2, 0.25) is 0 Å². The molecule has 0 aliphatic heterocycles. The summed E-state index contributed by atoms with van der Waals surface area (Å²) in [5.74, 6) is 0. The lowest BCUT2D eigenvalue weighted by Gasteiger charge is -2.18. The molecule has 0 atom stereocenters. The van der Waals surface area contributed by atoms with Crippen molar-refractivity contribution in [3.63, 3.8) is 0 Å². The van der Waals surface area contributed by atoms with Gasteiger partial charge in [0.25, 0.3) is 0 Å². The summed E-state index contributed by atoms with van der Waals surface area (Å²) in [4.78, 5) is 0.428. The zero-order valence-electron chi connectivity index (χ0n) is 11.6. The first-order valence-electron chi connectivity index (χ1n) is 6.61. The lowest BCUT2D eigenvalue weighted by Crippen LogP contribution is -2.33. The fourth-order valence-electron chi connectivity index (χ4n) is 2.88. The molecule has 0 aromatic heterocycles. The first kappa shape index (κ1) is 15.0. The quantitative estimate of drug-likeness (QED) is 0.909. The predicted octanol–water partition coefficient (Wildman–Crippen LogP) is 3.60. The molecular weight excluding hydrogens is 326 g/mol. The molecule has 1 N–H and O–H groups in total. The van der Waals surface area contributed by atoms with E-state index in [-0.39, 0.29) is 6.04 Å². The number of hydrogen-bond donors (Lipinski definition) is 1. The molecule has 1 aliphatic rings. The Bertz CT molecular complexity index is 590. The molecule has 2 rings (SSSR count). The van der Waals surface area contributed by atoms with Crippen LogP contribution in [0.3, 0.4) is 0 Å². The summed E-state index contributed by atoms with van der Waals surface area (Å²) in [7, 11) is -3.42. The van der Waals surface area contributed by atoms with E-state index in [1.165, 1.54) is 0 Å². The minimum Gasteiger partial charge on any atom is -0.208 e. The van der Waals surface area contributed by atoms with Crippen LogP contribution in [0.4, 0.5) is 0 Å². The van der Waals surface area contributed by atoms with Crippen LogP contribution in [0.25, 0.3) is 0 Å². The zero-order chi connectivity index (χ0) is 14.2. The molecule has 0 saturated heterocycles. The first-order valence-corrected chi connectivity index (χ1v) is 8.89. The van der Waals surface area contributed by atoms with Crippen LogP contribution in [-0.2, 0) is 10.0 Å². The predicted molar refractivity (Wildman–Crippen MR) is 80.9 cm³/mol.